The van der Waals surface area contributed by atoms with Crippen molar-refractivity contribution in [2.75, 3.05) is 42.9 Å². The summed E-state index contributed by atoms with van der Waals surface area (Å²) in [5.74, 6) is 1.21. The number of hydrogen-bond acceptors (Lipinski definition) is 6. The maximum Gasteiger partial charge on any atom is 0.238 e. The number of anilines is 2. The van der Waals surface area contributed by atoms with Crippen molar-refractivity contribution < 1.29 is 9.18 Å². The number of rotatable bonds is 4. The van der Waals surface area contributed by atoms with Crippen LogP contribution in [0.3, 0.4) is 0 Å². The number of nitrogens with zero attached hydrogens (tertiary/aromatic N) is 6. The summed E-state index contributed by atoms with van der Waals surface area (Å²) < 4.78 is 14.9. The smallest absolute Gasteiger partial charge is 0.238 e. The summed E-state index contributed by atoms with van der Waals surface area (Å²) in [6.45, 7) is 5.19. The number of fused-ring (bicyclic) bond motifs is 1. The summed E-state index contributed by atoms with van der Waals surface area (Å²) in [6.07, 6.45) is 3.60. The van der Waals surface area contributed by atoms with Crippen molar-refractivity contribution in [1.82, 2.24) is 24.5 Å². The van der Waals surface area contributed by atoms with Gasteiger partial charge in [-0.25, -0.2) is 9.37 Å². The van der Waals surface area contributed by atoms with Gasteiger partial charge in [0.2, 0.25) is 11.6 Å². The van der Waals surface area contributed by atoms with Crippen LogP contribution in [0.2, 0.25) is 0 Å². The fraction of sp³-hybridized carbons (Fsp3) is 0.333. The number of carbonyl (C=O) groups excluding carboxylic acids is 1. The molecule has 4 rings (SSSR count). The van der Waals surface area contributed by atoms with Gasteiger partial charge in [-0.05, 0) is 31.2 Å². The zero-order valence-electron chi connectivity index (χ0n) is 15.0. The van der Waals surface area contributed by atoms with Crippen molar-refractivity contribution >= 4 is 23.1 Å². The van der Waals surface area contributed by atoms with E-state index < -0.39 is 0 Å². The highest BCUT2D eigenvalue weighted by molar-refractivity contribution is 5.92. The fourth-order valence-corrected chi connectivity index (χ4v) is 3.21. The number of halogens is 1. The van der Waals surface area contributed by atoms with E-state index in [0.29, 0.717) is 12.2 Å². The van der Waals surface area contributed by atoms with Crippen LogP contribution >= 0.6 is 0 Å². The molecule has 8 nitrogen and oxygen atoms in total. The van der Waals surface area contributed by atoms with Crippen molar-refractivity contribution in [1.29, 1.82) is 0 Å². The third-order valence-corrected chi connectivity index (χ3v) is 4.65. The third kappa shape index (κ3) is 3.72. The van der Waals surface area contributed by atoms with Gasteiger partial charge < -0.3 is 10.2 Å². The lowest BCUT2D eigenvalue weighted by Gasteiger charge is -2.34. The van der Waals surface area contributed by atoms with Gasteiger partial charge in [0, 0.05) is 44.3 Å². The molecule has 0 aliphatic carbocycles. The van der Waals surface area contributed by atoms with Crippen LogP contribution in [0.5, 0.6) is 0 Å². The number of piperazine rings is 1. The van der Waals surface area contributed by atoms with E-state index in [1.807, 2.05) is 17.5 Å². The number of aromatic nitrogens is 4. The average Bonchev–Trinajstić information content (AvgIpc) is 3.06. The van der Waals surface area contributed by atoms with E-state index in [9.17, 15) is 9.18 Å². The molecule has 2 aromatic heterocycles. The molecular weight excluding hydrogens is 349 g/mol. The lowest BCUT2D eigenvalue weighted by molar-refractivity contribution is -0.117. The van der Waals surface area contributed by atoms with E-state index in [4.69, 9.17) is 0 Å². The summed E-state index contributed by atoms with van der Waals surface area (Å²) in [7, 11) is 0. The van der Waals surface area contributed by atoms with Gasteiger partial charge in [0.25, 0.3) is 0 Å². The minimum atomic E-state index is -0.324. The second-order valence-electron chi connectivity index (χ2n) is 6.51. The fourth-order valence-electron chi connectivity index (χ4n) is 3.21. The molecule has 0 spiro atoms. The largest absolute Gasteiger partial charge is 0.351 e. The highest BCUT2D eigenvalue weighted by atomic mass is 19.1. The molecule has 0 radical (unpaired) electrons. The van der Waals surface area contributed by atoms with Crippen LogP contribution in [0.15, 0.2) is 36.7 Å². The Morgan fingerprint density at radius 1 is 1.15 bits per heavy atom. The van der Waals surface area contributed by atoms with E-state index in [-0.39, 0.29) is 11.7 Å². The van der Waals surface area contributed by atoms with Crippen molar-refractivity contribution in [3.63, 3.8) is 0 Å². The summed E-state index contributed by atoms with van der Waals surface area (Å²) in [4.78, 5) is 20.9. The van der Waals surface area contributed by atoms with Gasteiger partial charge in [-0.3, -0.25) is 14.1 Å². The monoisotopic (exact) mass is 369 g/mol. The van der Waals surface area contributed by atoms with Crippen LogP contribution in [0, 0.1) is 12.7 Å². The van der Waals surface area contributed by atoms with E-state index in [0.717, 1.165) is 43.5 Å². The predicted molar refractivity (Wildman–Crippen MR) is 99.2 cm³/mol. The summed E-state index contributed by atoms with van der Waals surface area (Å²) in [5.41, 5.74) is 1.34. The Bertz CT molecular complexity index is 948. The van der Waals surface area contributed by atoms with Gasteiger partial charge in [-0.1, -0.05) is 0 Å². The van der Waals surface area contributed by atoms with E-state index in [2.05, 4.69) is 30.3 Å². The van der Waals surface area contributed by atoms with Crippen molar-refractivity contribution in [2.45, 2.75) is 6.92 Å². The lowest BCUT2D eigenvalue weighted by atomic mass is 10.3. The molecule has 0 bridgehead atoms. The molecule has 1 aromatic carbocycles. The molecule has 27 heavy (non-hydrogen) atoms. The van der Waals surface area contributed by atoms with Gasteiger partial charge in [0.15, 0.2) is 5.82 Å². The number of benzene rings is 1. The van der Waals surface area contributed by atoms with Crippen LogP contribution in [-0.4, -0.2) is 63.1 Å². The van der Waals surface area contributed by atoms with Gasteiger partial charge in [-0.2, -0.15) is 0 Å². The zero-order valence-corrected chi connectivity index (χ0v) is 15.0. The Balaban J connectivity index is 1.34. The van der Waals surface area contributed by atoms with E-state index in [1.54, 1.807) is 18.3 Å². The van der Waals surface area contributed by atoms with Gasteiger partial charge in [0.1, 0.15) is 11.6 Å². The highest BCUT2D eigenvalue weighted by Gasteiger charge is 2.22. The van der Waals surface area contributed by atoms with E-state index >= 15 is 0 Å². The first-order valence-electron chi connectivity index (χ1n) is 8.79. The van der Waals surface area contributed by atoms with Gasteiger partial charge >= 0.3 is 0 Å². The molecule has 0 atom stereocenters. The SMILES string of the molecule is Cc1nnc2c(N3CCN(CC(=O)Nc4ccc(F)cc4)CC3)nccn12. The molecule has 1 aliphatic rings. The number of aryl methyl sites for hydroxylation is 1. The number of carbonyl (C=O) groups is 1. The van der Waals surface area contributed by atoms with Crippen molar-refractivity contribution in [3.8, 4) is 0 Å². The standard InChI is InChI=1S/C18H20FN7O/c1-13-22-23-18-17(20-6-7-26(13)18)25-10-8-24(9-11-25)12-16(27)21-15-4-2-14(19)3-5-15/h2-7H,8-12H2,1H3,(H,21,27). The molecule has 3 heterocycles. The average molecular weight is 369 g/mol. The van der Waals surface area contributed by atoms with Crippen molar-refractivity contribution in [3.05, 3.63) is 48.3 Å². The minimum absolute atomic E-state index is 0.108. The number of nitrogens with one attached hydrogen (secondary N) is 1. The molecule has 1 N–H and O–H groups in total. The lowest BCUT2D eigenvalue weighted by Crippen LogP contribution is -2.49. The molecule has 1 aliphatic heterocycles. The Morgan fingerprint density at radius 3 is 2.63 bits per heavy atom. The van der Waals surface area contributed by atoms with Crippen LogP contribution in [0.1, 0.15) is 5.82 Å². The molecule has 1 fully saturated rings. The molecule has 3 aromatic rings. The number of hydrogen-bond donors (Lipinski definition) is 1. The summed E-state index contributed by atoms with van der Waals surface area (Å²) in [5, 5.41) is 11.1. The Kier molecular flexibility index (Phi) is 4.68. The molecular formula is C18H20FN7O. The molecule has 0 saturated carbocycles. The van der Waals surface area contributed by atoms with Crippen LogP contribution in [-0.2, 0) is 4.79 Å². The first kappa shape index (κ1) is 17.3. The normalized spacial score (nSPS) is 15.3. The summed E-state index contributed by atoms with van der Waals surface area (Å²) in [6, 6.07) is 5.76. The topological polar surface area (TPSA) is 78.7 Å². The third-order valence-electron chi connectivity index (χ3n) is 4.65. The molecule has 0 unspecified atom stereocenters. The molecule has 140 valence electrons. The first-order chi connectivity index (χ1) is 13.1. The zero-order chi connectivity index (χ0) is 18.8. The Labute approximate surface area is 155 Å². The maximum absolute atomic E-state index is 12.9. The molecule has 1 amide bonds. The van der Waals surface area contributed by atoms with Crippen molar-refractivity contribution in [2.24, 2.45) is 0 Å². The van der Waals surface area contributed by atoms with Crippen LogP contribution in [0.4, 0.5) is 15.9 Å². The molecule has 1 saturated heterocycles. The first-order valence-corrected chi connectivity index (χ1v) is 8.79. The summed E-state index contributed by atoms with van der Waals surface area (Å²) >= 11 is 0. The second-order valence-corrected chi connectivity index (χ2v) is 6.51. The minimum Gasteiger partial charge on any atom is -0.351 e. The van der Waals surface area contributed by atoms with Gasteiger partial charge in [-0.15, -0.1) is 10.2 Å². The molecule has 9 heteroatoms. The maximum atomic E-state index is 12.9. The second kappa shape index (κ2) is 7.28. The van der Waals surface area contributed by atoms with Crippen LogP contribution < -0.4 is 10.2 Å². The van der Waals surface area contributed by atoms with Crippen LogP contribution in [0.25, 0.3) is 5.65 Å². The Morgan fingerprint density at radius 2 is 1.89 bits per heavy atom. The Hall–Kier alpha value is -3.07. The number of amides is 1. The highest BCUT2D eigenvalue weighted by Crippen LogP contribution is 2.19. The van der Waals surface area contributed by atoms with E-state index in [1.165, 1.54) is 12.1 Å². The van der Waals surface area contributed by atoms with Gasteiger partial charge in [0.05, 0.1) is 6.54 Å². The quantitative estimate of drug-likeness (QED) is 0.748. The predicted octanol–water partition coefficient (Wildman–Crippen LogP) is 1.33.